The van der Waals surface area contributed by atoms with Crippen LogP contribution in [0.2, 0.25) is 0 Å². The fourth-order valence-electron chi connectivity index (χ4n) is 3.77. The number of aliphatic imine (C=N–C) groups is 1. The van der Waals surface area contributed by atoms with Gasteiger partial charge in [-0.25, -0.2) is 0 Å². The van der Waals surface area contributed by atoms with E-state index in [4.69, 9.17) is 9.73 Å². The SMILES string of the molecule is COc1ccc2c3c(ccc2c1)C1=NCC[C@]1(C)CC3. The van der Waals surface area contributed by atoms with Gasteiger partial charge in [0.2, 0.25) is 0 Å². The average Bonchev–Trinajstić information content (AvgIpc) is 2.88. The number of aryl methyl sites for hydroxylation is 1. The Morgan fingerprint density at radius 3 is 2.90 bits per heavy atom. The Morgan fingerprint density at radius 2 is 2.05 bits per heavy atom. The lowest BCUT2D eigenvalue weighted by atomic mass is 9.70. The number of methoxy groups -OCH3 is 1. The first-order chi connectivity index (χ1) is 9.71. The fourth-order valence-corrected chi connectivity index (χ4v) is 3.77. The zero-order valence-corrected chi connectivity index (χ0v) is 12.1. The maximum Gasteiger partial charge on any atom is 0.119 e. The lowest BCUT2D eigenvalue weighted by Gasteiger charge is -2.33. The Labute approximate surface area is 119 Å². The first-order valence-electron chi connectivity index (χ1n) is 7.36. The van der Waals surface area contributed by atoms with Crippen molar-refractivity contribution in [2.75, 3.05) is 13.7 Å². The van der Waals surface area contributed by atoms with Crippen molar-refractivity contribution in [2.24, 2.45) is 10.4 Å². The molecule has 0 spiro atoms. The summed E-state index contributed by atoms with van der Waals surface area (Å²) in [6.07, 6.45) is 3.60. The molecule has 0 radical (unpaired) electrons. The van der Waals surface area contributed by atoms with Gasteiger partial charge in [0.15, 0.2) is 0 Å². The standard InChI is InChI=1S/C18H19NO/c1-18-8-7-15-14-6-4-13(20-2)11-12(14)3-5-16(15)17(18)19-10-9-18/h3-6,11H,7-10H2,1-2H3/t18-/m0/s1. The van der Waals surface area contributed by atoms with Gasteiger partial charge in [0.05, 0.1) is 7.11 Å². The van der Waals surface area contributed by atoms with Gasteiger partial charge in [0.25, 0.3) is 0 Å². The van der Waals surface area contributed by atoms with Crippen LogP contribution in [-0.2, 0) is 6.42 Å². The summed E-state index contributed by atoms with van der Waals surface area (Å²) in [6, 6.07) is 10.9. The molecule has 0 saturated heterocycles. The third-order valence-corrected chi connectivity index (χ3v) is 5.03. The first kappa shape index (κ1) is 12.0. The molecule has 0 aromatic heterocycles. The molecule has 2 aromatic carbocycles. The van der Waals surface area contributed by atoms with Crippen molar-refractivity contribution in [2.45, 2.75) is 26.2 Å². The number of ether oxygens (including phenoxy) is 1. The third-order valence-electron chi connectivity index (χ3n) is 5.03. The largest absolute Gasteiger partial charge is 0.497 e. The minimum Gasteiger partial charge on any atom is -0.497 e. The molecule has 1 aliphatic carbocycles. The summed E-state index contributed by atoms with van der Waals surface area (Å²) in [5.74, 6) is 0.927. The molecule has 1 heterocycles. The molecule has 20 heavy (non-hydrogen) atoms. The molecular weight excluding hydrogens is 246 g/mol. The zero-order valence-electron chi connectivity index (χ0n) is 12.1. The van der Waals surface area contributed by atoms with E-state index in [2.05, 4.69) is 37.3 Å². The predicted molar refractivity (Wildman–Crippen MR) is 82.9 cm³/mol. The molecule has 1 atom stereocenters. The Hall–Kier alpha value is -1.83. The summed E-state index contributed by atoms with van der Waals surface area (Å²) < 4.78 is 5.33. The summed E-state index contributed by atoms with van der Waals surface area (Å²) in [5, 5.41) is 2.63. The third kappa shape index (κ3) is 1.54. The van der Waals surface area contributed by atoms with Crippen LogP contribution >= 0.6 is 0 Å². The van der Waals surface area contributed by atoms with Gasteiger partial charge in [-0.1, -0.05) is 25.1 Å². The molecule has 0 fully saturated rings. The van der Waals surface area contributed by atoms with Crippen LogP contribution in [0.3, 0.4) is 0 Å². The fraction of sp³-hybridized carbons (Fsp3) is 0.389. The normalized spacial score (nSPS) is 24.2. The van der Waals surface area contributed by atoms with E-state index < -0.39 is 0 Å². The molecule has 2 aliphatic rings. The van der Waals surface area contributed by atoms with E-state index in [1.165, 1.54) is 40.5 Å². The molecule has 0 bridgehead atoms. The second-order valence-electron chi connectivity index (χ2n) is 6.22. The van der Waals surface area contributed by atoms with Crippen LogP contribution in [0.1, 0.15) is 30.9 Å². The minimum atomic E-state index is 0.313. The molecule has 0 unspecified atom stereocenters. The van der Waals surface area contributed by atoms with Crippen LogP contribution in [0.25, 0.3) is 10.8 Å². The lowest BCUT2D eigenvalue weighted by Crippen LogP contribution is -2.30. The van der Waals surface area contributed by atoms with Gasteiger partial charge in [0.1, 0.15) is 5.75 Å². The number of nitrogens with zero attached hydrogens (tertiary/aromatic N) is 1. The van der Waals surface area contributed by atoms with Crippen molar-refractivity contribution < 1.29 is 4.74 Å². The number of hydrogen-bond acceptors (Lipinski definition) is 2. The Balaban J connectivity index is 1.95. The Kier molecular flexibility index (Phi) is 2.44. The highest BCUT2D eigenvalue weighted by molar-refractivity contribution is 6.10. The highest BCUT2D eigenvalue weighted by Gasteiger charge is 2.39. The highest BCUT2D eigenvalue weighted by atomic mass is 16.5. The number of rotatable bonds is 1. The predicted octanol–water partition coefficient (Wildman–Crippen LogP) is 3.99. The minimum absolute atomic E-state index is 0.313. The van der Waals surface area contributed by atoms with Crippen molar-refractivity contribution in [3.05, 3.63) is 41.5 Å². The summed E-state index contributed by atoms with van der Waals surface area (Å²) in [7, 11) is 1.72. The quantitative estimate of drug-likeness (QED) is 0.764. The molecule has 0 N–H and O–H groups in total. The van der Waals surface area contributed by atoms with E-state index in [1.807, 2.05) is 0 Å². The summed E-state index contributed by atoms with van der Waals surface area (Å²) >= 11 is 0. The summed E-state index contributed by atoms with van der Waals surface area (Å²) in [6.45, 7) is 3.37. The number of benzene rings is 2. The second-order valence-corrected chi connectivity index (χ2v) is 6.22. The molecule has 0 saturated carbocycles. The topological polar surface area (TPSA) is 21.6 Å². The van der Waals surface area contributed by atoms with Gasteiger partial charge in [-0.15, -0.1) is 0 Å². The zero-order chi connectivity index (χ0) is 13.7. The molecular formula is C18H19NO. The van der Waals surface area contributed by atoms with Crippen molar-refractivity contribution >= 4 is 16.5 Å². The van der Waals surface area contributed by atoms with Gasteiger partial charge < -0.3 is 4.74 Å². The molecule has 102 valence electrons. The Morgan fingerprint density at radius 1 is 1.15 bits per heavy atom. The summed E-state index contributed by atoms with van der Waals surface area (Å²) in [4.78, 5) is 4.80. The smallest absolute Gasteiger partial charge is 0.119 e. The van der Waals surface area contributed by atoms with E-state index in [1.54, 1.807) is 7.11 Å². The van der Waals surface area contributed by atoms with Crippen molar-refractivity contribution in [3.8, 4) is 5.75 Å². The maximum absolute atomic E-state index is 5.33. The van der Waals surface area contributed by atoms with Crippen molar-refractivity contribution in [1.29, 1.82) is 0 Å². The van der Waals surface area contributed by atoms with Gasteiger partial charge in [-0.3, -0.25) is 4.99 Å². The molecule has 1 aliphatic heterocycles. The molecule has 4 rings (SSSR count). The number of fused-ring (bicyclic) bond motifs is 5. The average molecular weight is 265 g/mol. The first-order valence-corrected chi connectivity index (χ1v) is 7.36. The van der Waals surface area contributed by atoms with E-state index in [0.29, 0.717) is 5.41 Å². The van der Waals surface area contributed by atoms with Crippen molar-refractivity contribution in [1.82, 2.24) is 0 Å². The van der Waals surface area contributed by atoms with Crippen LogP contribution in [-0.4, -0.2) is 19.4 Å². The van der Waals surface area contributed by atoms with Gasteiger partial charge in [0, 0.05) is 17.7 Å². The molecule has 0 amide bonds. The van der Waals surface area contributed by atoms with Crippen LogP contribution in [0.15, 0.2) is 35.3 Å². The van der Waals surface area contributed by atoms with E-state index in [9.17, 15) is 0 Å². The monoisotopic (exact) mass is 265 g/mol. The van der Waals surface area contributed by atoms with E-state index >= 15 is 0 Å². The lowest BCUT2D eigenvalue weighted by molar-refractivity contribution is 0.415. The molecule has 2 heteroatoms. The van der Waals surface area contributed by atoms with Gasteiger partial charge in [-0.2, -0.15) is 0 Å². The Bertz CT molecular complexity index is 732. The van der Waals surface area contributed by atoms with Gasteiger partial charge in [-0.05, 0) is 53.3 Å². The molecule has 2 nitrogen and oxygen atoms in total. The summed E-state index contributed by atoms with van der Waals surface area (Å²) in [5.41, 5.74) is 4.52. The second kappa shape index (κ2) is 4.08. The van der Waals surface area contributed by atoms with Crippen LogP contribution in [0.4, 0.5) is 0 Å². The van der Waals surface area contributed by atoms with Crippen LogP contribution < -0.4 is 4.74 Å². The highest BCUT2D eigenvalue weighted by Crippen LogP contribution is 2.43. The van der Waals surface area contributed by atoms with Gasteiger partial charge >= 0.3 is 0 Å². The molecule has 2 aromatic rings. The van der Waals surface area contributed by atoms with Crippen LogP contribution in [0.5, 0.6) is 5.75 Å². The maximum atomic E-state index is 5.33. The van der Waals surface area contributed by atoms with Crippen LogP contribution in [0, 0.1) is 5.41 Å². The number of hydrogen-bond donors (Lipinski definition) is 0. The van der Waals surface area contributed by atoms with E-state index in [0.717, 1.165) is 18.7 Å². The van der Waals surface area contributed by atoms with E-state index in [-0.39, 0.29) is 0 Å². The van der Waals surface area contributed by atoms with Crippen molar-refractivity contribution in [3.63, 3.8) is 0 Å².